The van der Waals surface area contributed by atoms with Crippen LogP contribution in [0.15, 0.2) is 0 Å². The average Bonchev–Trinajstić information content (AvgIpc) is 2.87. The zero-order valence-corrected chi connectivity index (χ0v) is 12.3. The number of aliphatic hydroxyl groups excluding tert-OH is 1. The molecule has 0 aromatic carbocycles. The molecule has 1 fully saturated rings. The van der Waals surface area contributed by atoms with Crippen molar-refractivity contribution in [2.75, 3.05) is 39.5 Å². The predicted octanol–water partition coefficient (Wildman–Crippen LogP) is -0.0549. The van der Waals surface area contributed by atoms with E-state index in [2.05, 4.69) is 10.2 Å². The van der Waals surface area contributed by atoms with Crippen molar-refractivity contribution in [2.24, 2.45) is 0 Å². The Balaban J connectivity index is 1.99. The lowest BCUT2D eigenvalue weighted by Crippen LogP contribution is -2.36. The number of amides is 1. The van der Waals surface area contributed by atoms with E-state index in [0.717, 1.165) is 19.4 Å². The molecule has 0 saturated carbocycles. The Kier molecular flexibility index (Phi) is 8.41. The molecule has 0 radical (unpaired) electrons. The van der Waals surface area contributed by atoms with E-state index in [9.17, 15) is 14.7 Å². The van der Waals surface area contributed by atoms with Gasteiger partial charge < -0.3 is 15.2 Å². The maximum absolute atomic E-state index is 11.6. The molecule has 0 unspecified atom stereocenters. The lowest BCUT2D eigenvalue weighted by atomic mass is 10.2. The van der Waals surface area contributed by atoms with Crippen molar-refractivity contribution in [3.63, 3.8) is 0 Å². The minimum Gasteiger partial charge on any atom is -0.395 e. The maximum atomic E-state index is 11.6. The second-order valence-electron chi connectivity index (χ2n) is 5.18. The molecule has 0 aromatic rings. The summed E-state index contributed by atoms with van der Waals surface area (Å²) in [5.41, 5.74) is 0. The first-order valence-electron chi connectivity index (χ1n) is 7.32. The molecule has 1 heterocycles. The van der Waals surface area contributed by atoms with Gasteiger partial charge in [0.25, 0.3) is 0 Å². The van der Waals surface area contributed by atoms with E-state index in [-0.39, 0.29) is 24.3 Å². The summed E-state index contributed by atoms with van der Waals surface area (Å²) in [6.45, 7) is 4.68. The second kappa shape index (κ2) is 9.85. The monoisotopic (exact) mass is 286 g/mol. The van der Waals surface area contributed by atoms with Crippen LogP contribution in [-0.2, 0) is 14.3 Å². The molecule has 1 atom stereocenters. The van der Waals surface area contributed by atoms with Gasteiger partial charge in [-0.2, -0.15) is 0 Å². The number of Topliss-reactive ketones (excluding diaryl/α,β-unsaturated/α-hetero) is 1. The summed E-state index contributed by atoms with van der Waals surface area (Å²) in [5.74, 6) is 0.113. The first-order valence-corrected chi connectivity index (χ1v) is 7.32. The van der Waals surface area contributed by atoms with E-state index in [1.165, 1.54) is 6.92 Å². The van der Waals surface area contributed by atoms with Crippen LogP contribution in [0.25, 0.3) is 0 Å². The quantitative estimate of drug-likeness (QED) is 0.550. The van der Waals surface area contributed by atoms with Crippen LogP contribution in [-0.4, -0.2) is 67.2 Å². The lowest BCUT2D eigenvalue weighted by molar-refractivity contribution is -0.122. The number of nitrogens with zero attached hydrogens (tertiary/aromatic N) is 1. The lowest BCUT2D eigenvalue weighted by Gasteiger charge is -2.22. The van der Waals surface area contributed by atoms with E-state index in [0.29, 0.717) is 39.1 Å². The third kappa shape index (κ3) is 6.98. The number of nitrogens with one attached hydrogen (secondary N) is 1. The highest BCUT2D eigenvalue weighted by Crippen LogP contribution is 2.16. The molecule has 6 nitrogen and oxygen atoms in total. The third-order valence-electron chi connectivity index (χ3n) is 3.50. The number of likely N-dealkylation sites (tertiary alicyclic amines) is 1. The van der Waals surface area contributed by atoms with Crippen molar-refractivity contribution in [1.82, 2.24) is 10.2 Å². The van der Waals surface area contributed by atoms with Gasteiger partial charge in [0, 0.05) is 32.0 Å². The van der Waals surface area contributed by atoms with Crippen molar-refractivity contribution in [3.05, 3.63) is 0 Å². The van der Waals surface area contributed by atoms with Gasteiger partial charge in [-0.05, 0) is 26.3 Å². The van der Waals surface area contributed by atoms with E-state index >= 15 is 0 Å². The van der Waals surface area contributed by atoms with Crippen molar-refractivity contribution in [2.45, 2.75) is 38.6 Å². The Bertz CT molecular complexity index is 310. The van der Waals surface area contributed by atoms with Crippen LogP contribution in [0.1, 0.15) is 32.6 Å². The van der Waals surface area contributed by atoms with Gasteiger partial charge in [-0.1, -0.05) is 0 Å². The number of rotatable bonds is 10. The smallest absolute Gasteiger partial charge is 0.221 e. The first-order chi connectivity index (χ1) is 9.63. The molecule has 0 spiro atoms. The van der Waals surface area contributed by atoms with Crippen LogP contribution in [0, 0.1) is 0 Å². The van der Waals surface area contributed by atoms with Gasteiger partial charge in [0.15, 0.2) is 0 Å². The fourth-order valence-corrected chi connectivity index (χ4v) is 2.31. The molecule has 116 valence electrons. The van der Waals surface area contributed by atoms with Crippen LogP contribution in [0.2, 0.25) is 0 Å². The molecule has 2 N–H and O–H groups in total. The first kappa shape index (κ1) is 17.1. The van der Waals surface area contributed by atoms with E-state index < -0.39 is 0 Å². The van der Waals surface area contributed by atoms with Gasteiger partial charge in [-0.25, -0.2) is 0 Å². The second-order valence-corrected chi connectivity index (χ2v) is 5.18. The van der Waals surface area contributed by atoms with Gasteiger partial charge in [0.2, 0.25) is 5.91 Å². The van der Waals surface area contributed by atoms with Gasteiger partial charge in [-0.3, -0.25) is 14.5 Å². The molecule has 6 heteroatoms. The zero-order chi connectivity index (χ0) is 14.8. The largest absolute Gasteiger partial charge is 0.395 e. The van der Waals surface area contributed by atoms with E-state index in [1.807, 2.05) is 0 Å². The number of ketones is 1. The zero-order valence-electron chi connectivity index (χ0n) is 12.3. The number of carbonyl (C=O) groups is 2. The Morgan fingerprint density at radius 3 is 2.85 bits per heavy atom. The fraction of sp³-hybridized carbons (Fsp3) is 0.857. The minimum atomic E-state index is 0.00348. The topological polar surface area (TPSA) is 78.9 Å². The van der Waals surface area contributed by atoms with Crippen molar-refractivity contribution >= 4 is 11.7 Å². The molecule has 20 heavy (non-hydrogen) atoms. The SMILES string of the molecule is CC(=O)CCOCCNC(=O)CCN1CCC[C@H]1CO. The highest BCUT2D eigenvalue weighted by molar-refractivity contribution is 5.76. The molecule has 1 aliphatic rings. The third-order valence-corrected chi connectivity index (χ3v) is 3.50. The molecule has 1 aliphatic heterocycles. The summed E-state index contributed by atoms with van der Waals surface area (Å²) < 4.78 is 5.23. The number of aliphatic hydroxyl groups is 1. The summed E-state index contributed by atoms with van der Waals surface area (Å²) in [6.07, 6.45) is 2.98. The number of hydrogen-bond acceptors (Lipinski definition) is 5. The van der Waals surface area contributed by atoms with E-state index in [4.69, 9.17) is 4.74 Å². The Hall–Kier alpha value is -0.980. The minimum absolute atomic E-state index is 0.00348. The summed E-state index contributed by atoms with van der Waals surface area (Å²) in [6, 6.07) is 0.220. The summed E-state index contributed by atoms with van der Waals surface area (Å²) in [5, 5.41) is 12.0. The summed E-state index contributed by atoms with van der Waals surface area (Å²) in [7, 11) is 0. The molecule has 1 rings (SSSR count). The van der Waals surface area contributed by atoms with Crippen LogP contribution < -0.4 is 5.32 Å². The molecular formula is C14H26N2O4. The summed E-state index contributed by atoms with van der Waals surface area (Å²) >= 11 is 0. The normalized spacial score (nSPS) is 19.2. The van der Waals surface area contributed by atoms with E-state index in [1.54, 1.807) is 0 Å². The van der Waals surface area contributed by atoms with Crippen LogP contribution in [0.5, 0.6) is 0 Å². The molecule has 1 saturated heterocycles. The van der Waals surface area contributed by atoms with Gasteiger partial charge >= 0.3 is 0 Å². The summed E-state index contributed by atoms with van der Waals surface area (Å²) in [4.78, 5) is 24.5. The Labute approximate surface area is 120 Å². The van der Waals surface area contributed by atoms with Gasteiger partial charge in [0.1, 0.15) is 5.78 Å². The highest BCUT2D eigenvalue weighted by atomic mass is 16.5. The fourth-order valence-electron chi connectivity index (χ4n) is 2.31. The Morgan fingerprint density at radius 2 is 2.15 bits per heavy atom. The van der Waals surface area contributed by atoms with Gasteiger partial charge in [-0.15, -0.1) is 0 Å². The van der Waals surface area contributed by atoms with Crippen molar-refractivity contribution in [3.8, 4) is 0 Å². The van der Waals surface area contributed by atoms with Crippen LogP contribution >= 0.6 is 0 Å². The standard InChI is InChI=1S/C14H26N2O4/c1-12(18)5-9-20-10-6-15-14(19)4-8-16-7-2-3-13(16)11-17/h13,17H,2-11H2,1H3,(H,15,19)/t13-/m0/s1. The number of carbonyl (C=O) groups excluding carboxylic acids is 2. The Morgan fingerprint density at radius 1 is 1.35 bits per heavy atom. The number of hydrogen-bond donors (Lipinski definition) is 2. The molecule has 0 bridgehead atoms. The maximum Gasteiger partial charge on any atom is 0.221 e. The molecule has 0 aliphatic carbocycles. The highest BCUT2D eigenvalue weighted by Gasteiger charge is 2.23. The number of ether oxygens (including phenoxy) is 1. The molecular weight excluding hydrogens is 260 g/mol. The molecule has 0 aromatic heterocycles. The van der Waals surface area contributed by atoms with Crippen LogP contribution in [0.3, 0.4) is 0 Å². The van der Waals surface area contributed by atoms with Gasteiger partial charge in [0.05, 0.1) is 19.8 Å². The average molecular weight is 286 g/mol. The van der Waals surface area contributed by atoms with Crippen molar-refractivity contribution in [1.29, 1.82) is 0 Å². The van der Waals surface area contributed by atoms with Crippen molar-refractivity contribution < 1.29 is 19.4 Å². The van der Waals surface area contributed by atoms with Crippen LogP contribution in [0.4, 0.5) is 0 Å². The predicted molar refractivity (Wildman–Crippen MR) is 75.4 cm³/mol. The molecule has 1 amide bonds.